The van der Waals surface area contributed by atoms with Gasteiger partial charge in [0, 0.05) is 23.8 Å². The molecule has 0 amide bonds. The Bertz CT molecular complexity index is 604. The zero-order valence-electron chi connectivity index (χ0n) is 13.0. The monoisotopic (exact) mass is 299 g/mol. The Morgan fingerprint density at radius 1 is 1.40 bits per heavy atom. The molecule has 1 aromatic rings. The van der Waals surface area contributed by atoms with Crippen LogP contribution in [0.1, 0.15) is 44.1 Å². The average Bonchev–Trinajstić information content (AvgIpc) is 2.75. The van der Waals surface area contributed by atoms with Gasteiger partial charge >= 0.3 is 0 Å². The fourth-order valence-electron chi connectivity index (χ4n) is 2.92. The van der Waals surface area contributed by atoms with Crippen molar-refractivity contribution in [3.63, 3.8) is 0 Å². The Hall–Kier alpha value is -0.880. The zero-order valence-corrected chi connectivity index (χ0v) is 13.8. The van der Waals surface area contributed by atoms with Gasteiger partial charge in [0.1, 0.15) is 0 Å². The predicted octanol–water partition coefficient (Wildman–Crippen LogP) is 1.53. The second kappa shape index (κ2) is 5.15. The minimum absolute atomic E-state index is 0.193. The normalized spacial score (nSPS) is 25.5. The quantitative estimate of drug-likeness (QED) is 0.916. The fraction of sp³-hybridized carbons (Fsp3) is 0.786. The van der Waals surface area contributed by atoms with E-state index in [2.05, 4.69) is 24.3 Å². The third-order valence-corrected chi connectivity index (χ3v) is 6.01. The van der Waals surface area contributed by atoms with Crippen molar-refractivity contribution >= 4 is 9.84 Å². The largest absolute Gasteiger partial charge is 0.310 e. The summed E-state index contributed by atoms with van der Waals surface area (Å²) < 4.78 is 25.5. The first kappa shape index (κ1) is 15.5. The first-order valence-corrected chi connectivity index (χ1v) is 8.96. The van der Waals surface area contributed by atoms with Gasteiger partial charge in [-0.15, -0.1) is 0 Å². The van der Waals surface area contributed by atoms with E-state index in [4.69, 9.17) is 0 Å². The number of nitrogens with zero attached hydrogens (tertiary/aromatic N) is 2. The van der Waals surface area contributed by atoms with E-state index in [1.807, 2.05) is 25.5 Å². The molecule has 0 spiro atoms. The summed E-state index contributed by atoms with van der Waals surface area (Å²) in [6.45, 7) is 11.0. The predicted molar refractivity (Wildman–Crippen MR) is 80.6 cm³/mol. The number of hydrogen-bond acceptors (Lipinski definition) is 4. The summed E-state index contributed by atoms with van der Waals surface area (Å²) in [6, 6.07) is 0.416. The van der Waals surface area contributed by atoms with Gasteiger partial charge < -0.3 is 5.32 Å². The lowest BCUT2D eigenvalue weighted by molar-refractivity contribution is 0.320. The molecule has 1 aliphatic rings. The summed E-state index contributed by atoms with van der Waals surface area (Å²) in [5.74, 6) is 0.459. The van der Waals surface area contributed by atoms with Crippen LogP contribution in [0, 0.1) is 13.8 Å². The molecule has 1 unspecified atom stereocenters. The molecule has 1 saturated heterocycles. The van der Waals surface area contributed by atoms with Crippen LogP contribution in [0.3, 0.4) is 0 Å². The minimum Gasteiger partial charge on any atom is -0.310 e. The molecule has 1 atom stereocenters. The highest BCUT2D eigenvalue weighted by Crippen LogP contribution is 2.32. The third-order valence-electron chi connectivity index (χ3n) is 4.12. The van der Waals surface area contributed by atoms with Crippen molar-refractivity contribution < 1.29 is 8.42 Å². The van der Waals surface area contributed by atoms with Gasteiger partial charge in [0.15, 0.2) is 9.84 Å². The van der Waals surface area contributed by atoms with E-state index in [0.29, 0.717) is 12.5 Å². The standard InChI is InChI=1S/C14H25N3O2S/c1-10(2)15-8-13-11(3)16-17(12(13)4)14(5)6-7-20(18,19)9-14/h10,15H,6-9H2,1-5H3. The van der Waals surface area contributed by atoms with Crippen LogP contribution < -0.4 is 5.32 Å². The van der Waals surface area contributed by atoms with Crippen LogP contribution >= 0.6 is 0 Å². The molecule has 20 heavy (non-hydrogen) atoms. The van der Waals surface area contributed by atoms with Crippen molar-refractivity contribution in [3.05, 3.63) is 17.0 Å². The molecule has 0 aromatic carbocycles. The SMILES string of the molecule is Cc1nn(C2(C)CCS(=O)(=O)C2)c(C)c1CNC(C)C. The lowest BCUT2D eigenvalue weighted by Gasteiger charge is -2.25. The summed E-state index contributed by atoms with van der Waals surface area (Å²) in [6.07, 6.45) is 0.647. The molecule has 2 heterocycles. The van der Waals surface area contributed by atoms with Crippen molar-refractivity contribution in [2.45, 2.75) is 59.2 Å². The molecule has 2 rings (SSSR count). The number of rotatable bonds is 4. The molecule has 114 valence electrons. The van der Waals surface area contributed by atoms with Gasteiger partial charge in [-0.1, -0.05) is 13.8 Å². The number of hydrogen-bond donors (Lipinski definition) is 1. The summed E-state index contributed by atoms with van der Waals surface area (Å²) in [5, 5.41) is 8.02. The van der Waals surface area contributed by atoms with Crippen LogP contribution in [0.4, 0.5) is 0 Å². The van der Waals surface area contributed by atoms with Crippen LogP contribution in [-0.2, 0) is 21.9 Å². The number of sulfone groups is 1. The van der Waals surface area contributed by atoms with Gasteiger partial charge in [-0.05, 0) is 27.2 Å². The highest BCUT2D eigenvalue weighted by molar-refractivity contribution is 7.91. The lowest BCUT2D eigenvalue weighted by atomic mass is 10.0. The van der Waals surface area contributed by atoms with E-state index in [1.165, 1.54) is 5.56 Å². The number of nitrogens with one attached hydrogen (secondary N) is 1. The first-order valence-electron chi connectivity index (χ1n) is 7.14. The molecule has 1 aromatic heterocycles. The Morgan fingerprint density at radius 3 is 2.55 bits per heavy atom. The molecular weight excluding hydrogens is 274 g/mol. The second-order valence-corrected chi connectivity index (χ2v) is 8.62. The van der Waals surface area contributed by atoms with Gasteiger partial charge in [0.25, 0.3) is 0 Å². The van der Waals surface area contributed by atoms with E-state index in [0.717, 1.165) is 17.9 Å². The van der Waals surface area contributed by atoms with Crippen molar-refractivity contribution in [1.29, 1.82) is 0 Å². The number of aryl methyl sites for hydroxylation is 1. The Morgan fingerprint density at radius 2 is 2.05 bits per heavy atom. The topological polar surface area (TPSA) is 64.0 Å². The van der Waals surface area contributed by atoms with E-state index in [-0.39, 0.29) is 11.5 Å². The Kier molecular flexibility index (Phi) is 3.99. The van der Waals surface area contributed by atoms with E-state index < -0.39 is 15.4 Å². The molecular formula is C14H25N3O2S. The molecule has 6 heteroatoms. The summed E-state index contributed by atoms with van der Waals surface area (Å²) >= 11 is 0. The third kappa shape index (κ3) is 2.91. The first-order chi connectivity index (χ1) is 9.15. The maximum atomic E-state index is 11.8. The summed E-state index contributed by atoms with van der Waals surface area (Å²) in [7, 11) is -2.92. The molecule has 1 fully saturated rings. The van der Waals surface area contributed by atoms with Gasteiger partial charge in [-0.2, -0.15) is 5.10 Å². The highest BCUT2D eigenvalue weighted by Gasteiger charge is 2.41. The summed E-state index contributed by atoms with van der Waals surface area (Å²) in [4.78, 5) is 0. The minimum atomic E-state index is -2.92. The molecule has 0 saturated carbocycles. The number of aromatic nitrogens is 2. The van der Waals surface area contributed by atoms with Crippen LogP contribution in [-0.4, -0.2) is 35.7 Å². The van der Waals surface area contributed by atoms with Crippen molar-refractivity contribution in [1.82, 2.24) is 15.1 Å². The van der Waals surface area contributed by atoms with Crippen LogP contribution in [0.25, 0.3) is 0 Å². The maximum Gasteiger partial charge on any atom is 0.152 e. The Balaban J connectivity index is 2.33. The molecule has 1 aliphatic heterocycles. The van der Waals surface area contributed by atoms with E-state index >= 15 is 0 Å². The van der Waals surface area contributed by atoms with Crippen molar-refractivity contribution in [2.24, 2.45) is 0 Å². The molecule has 5 nitrogen and oxygen atoms in total. The van der Waals surface area contributed by atoms with Crippen LogP contribution in [0.5, 0.6) is 0 Å². The molecule has 0 radical (unpaired) electrons. The van der Waals surface area contributed by atoms with Crippen LogP contribution in [0.15, 0.2) is 0 Å². The van der Waals surface area contributed by atoms with Crippen molar-refractivity contribution in [3.8, 4) is 0 Å². The highest BCUT2D eigenvalue weighted by atomic mass is 32.2. The van der Waals surface area contributed by atoms with Gasteiger partial charge in [0.2, 0.25) is 0 Å². The molecule has 0 aliphatic carbocycles. The Labute approximate surface area is 121 Å². The molecule has 1 N–H and O–H groups in total. The molecule has 0 bridgehead atoms. The lowest BCUT2D eigenvalue weighted by Crippen LogP contribution is -2.33. The van der Waals surface area contributed by atoms with Gasteiger partial charge in [-0.3, -0.25) is 4.68 Å². The van der Waals surface area contributed by atoms with Gasteiger partial charge in [-0.25, -0.2) is 8.42 Å². The van der Waals surface area contributed by atoms with Crippen LogP contribution in [0.2, 0.25) is 0 Å². The average molecular weight is 299 g/mol. The van der Waals surface area contributed by atoms with Gasteiger partial charge in [0.05, 0.1) is 22.7 Å². The van der Waals surface area contributed by atoms with E-state index in [9.17, 15) is 8.42 Å². The zero-order chi connectivity index (χ0) is 15.1. The second-order valence-electron chi connectivity index (χ2n) is 6.44. The van der Waals surface area contributed by atoms with E-state index in [1.54, 1.807) is 0 Å². The fourth-order valence-corrected chi connectivity index (χ4v) is 5.03. The summed E-state index contributed by atoms with van der Waals surface area (Å²) in [5.41, 5.74) is 2.85. The smallest absolute Gasteiger partial charge is 0.152 e. The maximum absolute atomic E-state index is 11.8. The van der Waals surface area contributed by atoms with Crippen molar-refractivity contribution in [2.75, 3.05) is 11.5 Å².